The molecule has 0 aliphatic rings. The van der Waals surface area contributed by atoms with E-state index in [1.165, 1.54) is 0 Å². The van der Waals surface area contributed by atoms with Crippen LogP contribution in [0.3, 0.4) is 0 Å². The maximum absolute atomic E-state index is 12.2. The van der Waals surface area contributed by atoms with Crippen molar-refractivity contribution < 1.29 is 14.3 Å². The Bertz CT molecular complexity index is 708. The highest BCUT2D eigenvalue weighted by Gasteiger charge is 2.16. The van der Waals surface area contributed by atoms with Gasteiger partial charge < -0.3 is 15.0 Å². The van der Waals surface area contributed by atoms with E-state index in [1.54, 1.807) is 29.2 Å². The topological polar surface area (TPSA) is 58.6 Å². The van der Waals surface area contributed by atoms with E-state index in [0.29, 0.717) is 25.4 Å². The van der Waals surface area contributed by atoms with Crippen molar-refractivity contribution in [3.05, 3.63) is 60.2 Å². The minimum Gasteiger partial charge on any atom is -0.489 e. The molecule has 144 valence electrons. The molecule has 1 N–H and O–H groups in total. The van der Waals surface area contributed by atoms with Crippen molar-refractivity contribution in [2.45, 2.75) is 39.7 Å². The molecule has 0 aliphatic heterocycles. The van der Waals surface area contributed by atoms with Crippen molar-refractivity contribution in [2.24, 2.45) is 0 Å². The van der Waals surface area contributed by atoms with Gasteiger partial charge in [-0.2, -0.15) is 0 Å². The number of rotatable bonds is 10. The summed E-state index contributed by atoms with van der Waals surface area (Å²) < 4.78 is 5.73. The SMILES string of the molecule is CCCN(CCC)C(=O)CC(=O)Nc1ccc(OCc2ccccc2)cc1. The summed E-state index contributed by atoms with van der Waals surface area (Å²) in [6.07, 6.45) is 1.64. The molecule has 27 heavy (non-hydrogen) atoms. The Morgan fingerprint density at radius 3 is 2.15 bits per heavy atom. The predicted octanol–water partition coefficient (Wildman–Crippen LogP) is 4.24. The number of nitrogens with one attached hydrogen (secondary N) is 1. The predicted molar refractivity (Wildman–Crippen MR) is 108 cm³/mol. The fourth-order valence-corrected chi connectivity index (χ4v) is 2.73. The number of ether oxygens (including phenoxy) is 1. The third-order valence-electron chi connectivity index (χ3n) is 4.04. The van der Waals surface area contributed by atoms with E-state index in [1.807, 2.05) is 44.2 Å². The van der Waals surface area contributed by atoms with E-state index >= 15 is 0 Å². The van der Waals surface area contributed by atoms with Gasteiger partial charge in [0.2, 0.25) is 11.8 Å². The van der Waals surface area contributed by atoms with Crippen LogP contribution in [0.5, 0.6) is 5.75 Å². The highest BCUT2D eigenvalue weighted by molar-refractivity contribution is 6.03. The number of anilines is 1. The van der Waals surface area contributed by atoms with Crippen molar-refractivity contribution in [1.82, 2.24) is 4.90 Å². The quantitative estimate of drug-likeness (QED) is 0.638. The molecule has 0 saturated carbocycles. The zero-order valence-corrected chi connectivity index (χ0v) is 16.1. The van der Waals surface area contributed by atoms with Gasteiger partial charge in [-0.15, -0.1) is 0 Å². The lowest BCUT2D eigenvalue weighted by Gasteiger charge is -2.21. The van der Waals surface area contributed by atoms with Crippen LogP contribution in [-0.4, -0.2) is 29.8 Å². The maximum Gasteiger partial charge on any atom is 0.233 e. The molecule has 0 bridgehead atoms. The van der Waals surface area contributed by atoms with Gasteiger partial charge in [0.15, 0.2) is 0 Å². The van der Waals surface area contributed by atoms with E-state index in [-0.39, 0.29) is 18.2 Å². The molecule has 0 saturated heterocycles. The van der Waals surface area contributed by atoms with Gasteiger partial charge in [0.25, 0.3) is 0 Å². The van der Waals surface area contributed by atoms with Crippen molar-refractivity contribution in [2.75, 3.05) is 18.4 Å². The molecule has 2 aromatic rings. The van der Waals surface area contributed by atoms with Gasteiger partial charge in [0.1, 0.15) is 18.8 Å². The first-order valence-corrected chi connectivity index (χ1v) is 9.46. The lowest BCUT2D eigenvalue weighted by molar-refractivity contribution is -0.134. The van der Waals surface area contributed by atoms with Crippen molar-refractivity contribution in [1.29, 1.82) is 0 Å². The molecule has 0 unspecified atom stereocenters. The summed E-state index contributed by atoms with van der Waals surface area (Å²) in [4.78, 5) is 26.1. The van der Waals surface area contributed by atoms with Gasteiger partial charge in [-0.05, 0) is 42.7 Å². The molecule has 0 aliphatic carbocycles. The van der Waals surface area contributed by atoms with Crippen LogP contribution in [0, 0.1) is 0 Å². The number of hydrogen-bond acceptors (Lipinski definition) is 3. The zero-order chi connectivity index (χ0) is 19.5. The van der Waals surface area contributed by atoms with Crippen molar-refractivity contribution in [3.8, 4) is 5.75 Å². The van der Waals surface area contributed by atoms with Gasteiger partial charge in [0.05, 0.1) is 0 Å². The molecule has 0 fully saturated rings. The summed E-state index contributed by atoms with van der Waals surface area (Å²) in [5, 5.41) is 2.77. The molecule has 0 atom stereocenters. The third kappa shape index (κ3) is 7.13. The van der Waals surface area contributed by atoms with Crippen LogP contribution in [0.25, 0.3) is 0 Å². The largest absolute Gasteiger partial charge is 0.489 e. The Balaban J connectivity index is 1.82. The van der Waals surface area contributed by atoms with Crippen LogP contribution in [-0.2, 0) is 16.2 Å². The number of benzene rings is 2. The highest BCUT2D eigenvalue weighted by atomic mass is 16.5. The van der Waals surface area contributed by atoms with Gasteiger partial charge in [-0.1, -0.05) is 44.2 Å². The molecular formula is C22H28N2O3. The lowest BCUT2D eigenvalue weighted by atomic mass is 10.2. The van der Waals surface area contributed by atoms with Crippen molar-refractivity contribution in [3.63, 3.8) is 0 Å². The average molecular weight is 368 g/mol. The maximum atomic E-state index is 12.2. The monoisotopic (exact) mass is 368 g/mol. The minimum absolute atomic E-state index is 0.126. The Labute approximate surface area is 161 Å². The first-order valence-electron chi connectivity index (χ1n) is 9.46. The van der Waals surface area contributed by atoms with Crippen LogP contribution in [0.2, 0.25) is 0 Å². The van der Waals surface area contributed by atoms with Gasteiger partial charge in [-0.3, -0.25) is 9.59 Å². The minimum atomic E-state index is -0.296. The molecule has 5 heteroatoms. The number of amides is 2. The molecule has 0 aromatic heterocycles. The fourth-order valence-electron chi connectivity index (χ4n) is 2.73. The first-order chi connectivity index (χ1) is 13.1. The summed E-state index contributed by atoms with van der Waals surface area (Å²) in [5.41, 5.74) is 1.74. The molecule has 2 rings (SSSR count). The first kappa shape index (κ1) is 20.5. The Hall–Kier alpha value is -2.82. The molecule has 0 radical (unpaired) electrons. The number of carbonyl (C=O) groups is 2. The standard InChI is InChI=1S/C22H28N2O3/c1-3-14-24(15-4-2)22(26)16-21(25)23-19-10-12-20(13-11-19)27-17-18-8-6-5-7-9-18/h5-13H,3-4,14-17H2,1-2H3,(H,23,25). The van der Waals surface area contributed by atoms with Crippen LogP contribution in [0.1, 0.15) is 38.7 Å². The average Bonchev–Trinajstić information content (AvgIpc) is 2.68. The summed E-state index contributed by atoms with van der Waals surface area (Å²) in [7, 11) is 0. The van der Waals surface area contributed by atoms with Gasteiger partial charge in [-0.25, -0.2) is 0 Å². The van der Waals surface area contributed by atoms with E-state index in [9.17, 15) is 9.59 Å². The van der Waals surface area contributed by atoms with Crippen molar-refractivity contribution >= 4 is 17.5 Å². The fraction of sp³-hybridized carbons (Fsp3) is 0.364. The van der Waals surface area contributed by atoms with E-state index in [0.717, 1.165) is 24.2 Å². The smallest absolute Gasteiger partial charge is 0.233 e. The van der Waals surface area contributed by atoms with Crippen LogP contribution < -0.4 is 10.1 Å². The number of hydrogen-bond donors (Lipinski definition) is 1. The Morgan fingerprint density at radius 1 is 0.926 bits per heavy atom. The van der Waals surface area contributed by atoms with E-state index in [2.05, 4.69) is 5.32 Å². The molecule has 2 aromatic carbocycles. The number of nitrogens with zero attached hydrogens (tertiary/aromatic N) is 1. The van der Waals surface area contributed by atoms with Crippen LogP contribution in [0.4, 0.5) is 5.69 Å². The molecule has 5 nitrogen and oxygen atoms in total. The second-order valence-corrected chi connectivity index (χ2v) is 6.40. The lowest BCUT2D eigenvalue weighted by Crippen LogP contribution is -2.35. The normalized spacial score (nSPS) is 10.3. The Kier molecular flexibility index (Phi) is 8.36. The second-order valence-electron chi connectivity index (χ2n) is 6.40. The summed E-state index contributed by atoms with van der Waals surface area (Å²) in [6, 6.07) is 17.1. The summed E-state index contributed by atoms with van der Waals surface area (Å²) in [5.74, 6) is 0.305. The van der Waals surface area contributed by atoms with E-state index < -0.39 is 0 Å². The summed E-state index contributed by atoms with van der Waals surface area (Å²) in [6.45, 7) is 5.92. The zero-order valence-electron chi connectivity index (χ0n) is 16.1. The highest BCUT2D eigenvalue weighted by Crippen LogP contribution is 2.17. The Morgan fingerprint density at radius 2 is 1.56 bits per heavy atom. The van der Waals surface area contributed by atoms with Crippen LogP contribution >= 0.6 is 0 Å². The van der Waals surface area contributed by atoms with Crippen LogP contribution in [0.15, 0.2) is 54.6 Å². The molecular weight excluding hydrogens is 340 g/mol. The summed E-state index contributed by atoms with van der Waals surface area (Å²) >= 11 is 0. The molecule has 0 spiro atoms. The molecule has 0 heterocycles. The number of carbonyl (C=O) groups excluding carboxylic acids is 2. The van der Waals surface area contributed by atoms with Gasteiger partial charge >= 0.3 is 0 Å². The third-order valence-corrected chi connectivity index (χ3v) is 4.04. The van der Waals surface area contributed by atoms with E-state index in [4.69, 9.17) is 4.74 Å². The van der Waals surface area contributed by atoms with Gasteiger partial charge in [0, 0.05) is 18.8 Å². The molecule has 2 amide bonds. The second kappa shape index (κ2) is 11.0.